The summed E-state index contributed by atoms with van der Waals surface area (Å²) in [4.78, 5) is 12.6. The van der Waals surface area contributed by atoms with Crippen molar-refractivity contribution in [2.75, 3.05) is 0 Å². The number of carbonyl (C=O) groups excluding carboxylic acids is 1. The first-order valence-electron chi connectivity index (χ1n) is 7.70. The molecule has 0 unspecified atom stereocenters. The molecule has 4 heteroatoms. The van der Waals surface area contributed by atoms with Crippen LogP contribution in [0.3, 0.4) is 0 Å². The average Bonchev–Trinajstić information content (AvgIpc) is 2.48. The maximum Gasteiger partial charge on any atom is 0.204 e. The SMILES string of the molecule is CC(=O)N([Si](C)(C)c1ccccc1)[Si](C)(C)c1ccccc1. The van der Waals surface area contributed by atoms with Gasteiger partial charge in [0.1, 0.15) is 0 Å². The van der Waals surface area contributed by atoms with Crippen LogP contribution in [-0.2, 0) is 4.79 Å². The molecule has 2 aromatic rings. The number of hydrogen-bond acceptors (Lipinski definition) is 1. The van der Waals surface area contributed by atoms with Crippen molar-refractivity contribution in [3.63, 3.8) is 0 Å². The molecule has 1 amide bonds. The molecule has 0 saturated heterocycles. The third kappa shape index (κ3) is 3.08. The lowest BCUT2D eigenvalue weighted by Gasteiger charge is -2.47. The Morgan fingerprint density at radius 2 is 1.05 bits per heavy atom. The molecule has 0 heterocycles. The standard InChI is InChI=1S/C18H25NOSi2/c1-16(20)19(21(2,3)17-12-8-6-9-13-17)22(4,5)18-14-10-7-11-15-18/h6-15H,1-5H3. The number of rotatable bonds is 4. The number of nitrogens with zero attached hydrogens (tertiary/aromatic N) is 1. The number of hydrogen-bond donors (Lipinski definition) is 0. The van der Waals surface area contributed by atoms with Gasteiger partial charge in [0.25, 0.3) is 0 Å². The predicted octanol–water partition coefficient (Wildman–Crippen LogP) is 3.06. The van der Waals surface area contributed by atoms with Crippen molar-refractivity contribution in [2.45, 2.75) is 33.1 Å². The van der Waals surface area contributed by atoms with E-state index < -0.39 is 16.5 Å². The summed E-state index contributed by atoms with van der Waals surface area (Å²) in [5.74, 6) is 0.195. The van der Waals surface area contributed by atoms with Gasteiger partial charge in [0.15, 0.2) is 16.5 Å². The Labute approximate surface area is 136 Å². The highest BCUT2D eigenvalue weighted by Crippen LogP contribution is 2.20. The molecular weight excluding hydrogens is 302 g/mol. The van der Waals surface area contributed by atoms with Crippen LogP contribution in [0.4, 0.5) is 0 Å². The minimum atomic E-state index is -2.04. The molecule has 0 aliphatic heterocycles. The molecule has 2 aromatic carbocycles. The van der Waals surface area contributed by atoms with E-state index in [1.807, 2.05) is 12.1 Å². The zero-order valence-electron chi connectivity index (χ0n) is 14.1. The van der Waals surface area contributed by atoms with Crippen molar-refractivity contribution >= 4 is 32.8 Å². The molecule has 22 heavy (non-hydrogen) atoms. The Morgan fingerprint density at radius 3 is 1.32 bits per heavy atom. The minimum absolute atomic E-state index is 0.195. The molecule has 2 nitrogen and oxygen atoms in total. The van der Waals surface area contributed by atoms with Crippen molar-refractivity contribution in [1.82, 2.24) is 4.23 Å². The number of amides is 1. The average molecular weight is 328 g/mol. The topological polar surface area (TPSA) is 20.3 Å². The second kappa shape index (κ2) is 6.22. The van der Waals surface area contributed by atoms with Crippen molar-refractivity contribution in [3.05, 3.63) is 60.7 Å². The van der Waals surface area contributed by atoms with Gasteiger partial charge < -0.3 is 4.23 Å². The molecule has 2 rings (SSSR count). The van der Waals surface area contributed by atoms with Gasteiger partial charge in [-0.25, -0.2) is 0 Å². The summed E-state index contributed by atoms with van der Waals surface area (Å²) in [6, 6.07) is 21.0. The Bertz CT molecular complexity index is 587. The smallest absolute Gasteiger partial charge is 0.204 e. The molecule has 0 radical (unpaired) electrons. The molecule has 0 spiro atoms. The first-order chi connectivity index (χ1) is 10.3. The van der Waals surface area contributed by atoms with Gasteiger partial charge in [-0.2, -0.15) is 0 Å². The van der Waals surface area contributed by atoms with Gasteiger partial charge in [0.05, 0.1) is 0 Å². The largest absolute Gasteiger partial charge is 0.388 e. The maximum absolute atomic E-state index is 12.6. The van der Waals surface area contributed by atoms with E-state index in [4.69, 9.17) is 0 Å². The van der Waals surface area contributed by atoms with Gasteiger partial charge in [-0.05, 0) is 36.6 Å². The number of carbonyl (C=O) groups is 1. The first kappa shape index (κ1) is 16.7. The second-order valence-electron chi connectivity index (χ2n) is 6.70. The predicted molar refractivity (Wildman–Crippen MR) is 99.6 cm³/mol. The zero-order valence-corrected chi connectivity index (χ0v) is 16.1. The molecule has 0 fully saturated rings. The van der Waals surface area contributed by atoms with Crippen molar-refractivity contribution < 1.29 is 4.79 Å². The highest BCUT2D eigenvalue weighted by atomic mass is 28.4. The normalized spacial score (nSPS) is 12.0. The van der Waals surface area contributed by atoms with Crippen LogP contribution in [-0.4, -0.2) is 26.6 Å². The fraction of sp³-hybridized carbons (Fsp3) is 0.278. The maximum atomic E-state index is 12.6. The molecular formula is C18H25NOSi2. The first-order valence-corrected chi connectivity index (χ1v) is 13.6. The van der Waals surface area contributed by atoms with Gasteiger partial charge >= 0.3 is 0 Å². The van der Waals surface area contributed by atoms with Crippen molar-refractivity contribution in [1.29, 1.82) is 0 Å². The van der Waals surface area contributed by atoms with Gasteiger partial charge in [0, 0.05) is 6.92 Å². The Kier molecular flexibility index (Phi) is 4.73. The fourth-order valence-electron chi connectivity index (χ4n) is 3.44. The van der Waals surface area contributed by atoms with E-state index >= 15 is 0 Å². The molecule has 0 aromatic heterocycles. The molecule has 0 N–H and O–H groups in total. The molecule has 0 saturated carbocycles. The minimum Gasteiger partial charge on any atom is -0.388 e. The molecule has 0 atom stereocenters. The lowest BCUT2D eigenvalue weighted by atomic mass is 10.4. The van der Waals surface area contributed by atoms with Gasteiger partial charge in [-0.15, -0.1) is 0 Å². The van der Waals surface area contributed by atoms with Crippen molar-refractivity contribution in [3.8, 4) is 0 Å². The Hall–Kier alpha value is -1.66. The van der Waals surface area contributed by atoms with Crippen LogP contribution >= 0.6 is 0 Å². The summed E-state index contributed by atoms with van der Waals surface area (Å²) >= 11 is 0. The molecule has 0 bridgehead atoms. The van der Waals surface area contributed by atoms with E-state index in [1.165, 1.54) is 10.4 Å². The summed E-state index contributed by atoms with van der Waals surface area (Å²) in [6.07, 6.45) is 0. The summed E-state index contributed by atoms with van der Waals surface area (Å²) in [7, 11) is -4.09. The Balaban J connectivity index is 2.53. The highest BCUT2D eigenvalue weighted by Gasteiger charge is 2.44. The number of benzene rings is 2. The van der Waals surface area contributed by atoms with Gasteiger partial charge in [-0.1, -0.05) is 60.7 Å². The Morgan fingerprint density at radius 1 is 0.727 bits per heavy atom. The quantitative estimate of drug-likeness (QED) is 0.790. The second-order valence-corrected chi connectivity index (χ2v) is 15.4. The van der Waals surface area contributed by atoms with E-state index in [9.17, 15) is 4.79 Å². The van der Waals surface area contributed by atoms with Crippen molar-refractivity contribution in [2.24, 2.45) is 0 Å². The monoisotopic (exact) mass is 327 g/mol. The van der Waals surface area contributed by atoms with Crippen LogP contribution in [0.5, 0.6) is 0 Å². The lowest BCUT2D eigenvalue weighted by molar-refractivity contribution is -0.121. The summed E-state index contributed by atoms with van der Waals surface area (Å²) < 4.78 is 2.25. The molecule has 0 aliphatic rings. The van der Waals surface area contributed by atoms with E-state index in [1.54, 1.807) is 6.92 Å². The third-order valence-corrected chi connectivity index (χ3v) is 14.1. The third-order valence-electron chi connectivity index (χ3n) is 4.39. The summed E-state index contributed by atoms with van der Waals surface area (Å²) in [5.41, 5.74) is 0. The zero-order chi connectivity index (χ0) is 16.4. The highest BCUT2D eigenvalue weighted by molar-refractivity contribution is 7.04. The van der Waals surface area contributed by atoms with E-state index in [0.717, 1.165) is 0 Å². The van der Waals surface area contributed by atoms with Crippen LogP contribution < -0.4 is 10.4 Å². The van der Waals surface area contributed by atoms with Crippen LogP contribution in [0.1, 0.15) is 6.92 Å². The summed E-state index contributed by atoms with van der Waals surface area (Å²) in [5, 5.41) is 2.61. The molecule has 116 valence electrons. The van der Waals surface area contributed by atoms with Gasteiger partial charge in [-0.3, -0.25) is 4.79 Å². The lowest BCUT2D eigenvalue weighted by Crippen LogP contribution is -2.72. The summed E-state index contributed by atoms with van der Waals surface area (Å²) in [6.45, 7) is 10.8. The van der Waals surface area contributed by atoms with Crippen LogP contribution in [0.2, 0.25) is 26.2 Å². The fourth-order valence-corrected chi connectivity index (χ4v) is 13.9. The van der Waals surface area contributed by atoms with Crippen LogP contribution in [0.25, 0.3) is 0 Å². The van der Waals surface area contributed by atoms with E-state index in [2.05, 4.69) is 79.0 Å². The van der Waals surface area contributed by atoms with Crippen LogP contribution in [0, 0.1) is 0 Å². The van der Waals surface area contributed by atoms with Crippen LogP contribution in [0.15, 0.2) is 60.7 Å². The van der Waals surface area contributed by atoms with Gasteiger partial charge in [0.2, 0.25) is 5.91 Å². The molecule has 0 aliphatic carbocycles. The van der Waals surface area contributed by atoms with E-state index in [0.29, 0.717) is 0 Å². The van der Waals surface area contributed by atoms with E-state index in [-0.39, 0.29) is 5.91 Å².